The first-order valence-electron chi connectivity index (χ1n) is 9.68. The maximum Gasteiger partial charge on any atom is 0.292 e. The second kappa shape index (κ2) is 10.1. The van der Waals surface area contributed by atoms with Crippen molar-refractivity contribution in [3.8, 4) is 29.0 Å². The molecule has 0 atom stereocenters. The van der Waals surface area contributed by atoms with Crippen LogP contribution in [-0.4, -0.2) is 43.2 Å². The first-order chi connectivity index (χ1) is 16.0. The summed E-state index contributed by atoms with van der Waals surface area (Å²) in [6, 6.07) is 13.7. The number of carbonyl (C=O) groups excluding carboxylic acids is 1. The van der Waals surface area contributed by atoms with E-state index < -0.39 is 11.5 Å². The molecule has 0 radical (unpaired) electrons. The molecule has 3 aromatic rings. The van der Waals surface area contributed by atoms with Crippen LogP contribution < -0.4 is 25.2 Å². The number of para-hydroxylation sites is 3. The Morgan fingerprint density at radius 2 is 1.79 bits per heavy atom. The molecule has 33 heavy (non-hydrogen) atoms. The number of nitriles is 1. The van der Waals surface area contributed by atoms with E-state index in [-0.39, 0.29) is 16.8 Å². The zero-order chi connectivity index (χ0) is 24.0. The number of ether oxygens (including phenoxy) is 3. The Hall–Kier alpha value is -4.65. The van der Waals surface area contributed by atoms with Gasteiger partial charge in [0.05, 0.1) is 27.5 Å². The zero-order valence-corrected chi connectivity index (χ0v) is 18.4. The zero-order valence-electron chi connectivity index (χ0n) is 18.4. The molecule has 3 rings (SSSR count). The Labute approximate surface area is 189 Å². The molecule has 1 aromatic heterocycles. The molecule has 0 bridgehead atoms. The summed E-state index contributed by atoms with van der Waals surface area (Å²) in [5.41, 5.74) is 2.36. The van der Waals surface area contributed by atoms with Gasteiger partial charge in [0, 0.05) is 11.1 Å². The third kappa shape index (κ3) is 4.52. The number of benzene rings is 2. The van der Waals surface area contributed by atoms with E-state index in [9.17, 15) is 14.9 Å². The quantitative estimate of drug-likeness (QED) is 0.434. The van der Waals surface area contributed by atoms with Gasteiger partial charge in [0.15, 0.2) is 17.2 Å². The number of carbonyl (C=O) groups is 1. The molecule has 0 saturated carbocycles. The molecule has 10 heteroatoms. The number of rotatable bonds is 7. The Balaban J connectivity index is 2.00. The SMILES string of the molecule is COc1ccccc1-n1nc(C(=O)N/N=C/c2cccc(OC)c2OC)c(C)c(C#N)c1=O. The second-order valence-electron chi connectivity index (χ2n) is 6.63. The molecule has 10 nitrogen and oxygen atoms in total. The van der Waals surface area contributed by atoms with Crippen LogP contribution in [0.25, 0.3) is 5.69 Å². The summed E-state index contributed by atoms with van der Waals surface area (Å²) in [5, 5.41) is 17.7. The van der Waals surface area contributed by atoms with Gasteiger partial charge in [-0.15, -0.1) is 0 Å². The maximum atomic E-state index is 12.9. The van der Waals surface area contributed by atoms with Crippen LogP contribution >= 0.6 is 0 Å². The number of amides is 1. The van der Waals surface area contributed by atoms with E-state index in [1.165, 1.54) is 34.5 Å². The number of hydrazone groups is 1. The highest BCUT2D eigenvalue weighted by Crippen LogP contribution is 2.29. The van der Waals surface area contributed by atoms with E-state index in [4.69, 9.17) is 14.2 Å². The smallest absolute Gasteiger partial charge is 0.292 e. The summed E-state index contributed by atoms with van der Waals surface area (Å²) in [7, 11) is 4.45. The molecule has 0 spiro atoms. The van der Waals surface area contributed by atoms with Crippen LogP contribution in [0.3, 0.4) is 0 Å². The van der Waals surface area contributed by atoms with Crippen molar-refractivity contribution in [2.75, 3.05) is 21.3 Å². The number of nitrogens with zero attached hydrogens (tertiary/aromatic N) is 4. The van der Waals surface area contributed by atoms with Crippen molar-refractivity contribution >= 4 is 12.1 Å². The summed E-state index contributed by atoms with van der Waals surface area (Å²) in [6.45, 7) is 1.48. The van der Waals surface area contributed by atoms with Crippen molar-refractivity contribution in [3.05, 3.63) is 75.2 Å². The van der Waals surface area contributed by atoms with Gasteiger partial charge in [-0.1, -0.05) is 18.2 Å². The highest BCUT2D eigenvalue weighted by Gasteiger charge is 2.21. The van der Waals surface area contributed by atoms with Crippen molar-refractivity contribution in [2.24, 2.45) is 5.10 Å². The highest BCUT2D eigenvalue weighted by atomic mass is 16.5. The minimum absolute atomic E-state index is 0.133. The fourth-order valence-corrected chi connectivity index (χ4v) is 3.15. The standard InChI is InChI=1S/C23H21N5O5/c1-14-16(12-24)23(30)28(17-9-5-6-10-18(17)31-2)27-20(14)22(29)26-25-13-15-8-7-11-19(32-3)21(15)33-4/h5-11,13H,1-4H3,(H,26,29)/b25-13+. The van der Waals surface area contributed by atoms with Gasteiger partial charge >= 0.3 is 0 Å². The third-order valence-electron chi connectivity index (χ3n) is 4.78. The van der Waals surface area contributed by atoms with Gasteiger partial charge < -0.3 is 14.2 Å². The molecular formula is C23H21N5O5. The minimum Gasteiger partial charge on any atom is -0.494 e. The van der Waals surface area contributed by atoms with E-state index in [0.717, 1.165) is 4.68 Å². The minimum atomic E-state index is -0.703. The van der Waals surface area contributed by atoms with Crippen molar-refractivity contribution in [1.29, 1.82) is 5.26 Å². The number of nitrogens with one attached hydrogen (secondary N) is 1. The Kier molecular flexibility index (Phi) is 7.05. The van der Waals surface area contributed by atoms with E-state index in [0.29, 0.717) is 28.5 Å². The Bertz CT molecular complexity index is 1320. The largest absolute Gasteiger partial charge is 0.494 e. The topological polar surface area (TPSA) is 128 Å². The number of hydrogen-bond donors (Lipinski definition) is 1. The van der Waals surface area contributed by atoms with Gasteiger partial charge in [-0.3, -0.25) is 9.59 Å². The molecular weight excluding hydrogens is 426 g/mol. The fraction of sp³-hybridized carbons (Fsp3) is 0.174. The van der Waals surface area contributed by atoms with Crippen LogP contribution in [0.15, 0.2) is 52.4 Å². The molecule has 1 N–H and O–H groups in total. The lowest BCUT2D eigenvalue weighted by Gasteiger charge is -2.13. The van der Waals surface area contributed by atoms with Crippen LogP contribution in [0.1, 0.15) is 27.2 Å². The Morgan fingerprint density at radius 1 is 1.09 bits per heavy atom. The van der Waals surface area contributed by atoms with Crippen molar-refractivity contribution in [3.63, 3.8) is 0 Å². The molecule has 168 valence electrons. The van der Waals surface area contributed by atoms with Gasteiger partial charge in [-0.05, 0) is 31.2 Å². The average Bonchev–Trinajstić information content (AvgIpc) is 2.84. The summed E-state index contributed by atoms with van der Waals surface area (Å²) in [4.78, 5) is 25.7. The van der Waals surface area contributed by atoms with Crippen LogP contribution in [0.4, 0.5) is 0 Å². The van der Waals surface area contributed by atoms with Crippen molar-refractivity contribution in [1.82, 2.24) is 15.2 Å². The molecule has 1 amide bonds. The normalized spacial score (nSPS) is 10.5. The molecule has 0 aliphatic rings. The molecule has 0 unspecified atom stereocenters. The van der Waals surface area contributed by atoms with Gasteiger partial charge in [0.25, 0.3) is 11.5 Å². The maximum absolute atomic E-state index is 12.9. The monoisotopic (exact) mass is 447 g/mol. The Morgan fingerprint density at radius 3 is 2.45 bits per heavy atom. The molecule has 0 aliphatic carbocycles. The number of hydrogen-bond acceptors (Lipinski definition) is 8. The van der Waals surface area contributed by atoms with Gasteiger partial charge in [0.1, 0.15) is 23.1 Å². The van der Waals surface area contributed by atoms with E-state index in [1.54, 1.807) is 42.5 Å². The lowest BCUT2D eigenvalue weighted by Crippen LogP contribution is -2.31. The third-order valence-corrected chi connectivity index (χ3v) is 4.78. The molecule has 0 fully saturated rings. The highest BCUT2D eigenvalue weighted by molar-refractivity contribution is 5.95. The first kappa shape index (κ1) is 23.0. The van der Waals surface area contributed by atoms with Gasteiger partial charge in [-0.2, -0.15) is 20.1 Å². The van der Waals surface area contributed by atoms with Crippen LogP contribution in [0.5, 0.6) is 17.2 Å². The van der Waals surface area contributed by atoms with E-state index in [1.807, 2.05) is 6.07 Å². The molecule has 2 aromatic carbocycles. The molecule has 1 heterocycles. The molecule has 0 saturated heterocycles. The predicted octanol–water partition coefficient (Wildman–Crippen LogP) is 2.20. The summed E-state index contributed by atoms with van der Waals surface area (Å²) < 4.78 is 16.8. The van der Waals surface area contributed by atoms with Crippen LogP contribution in [0.2, 0.25) is 0 Å². The summed E-state index contributed by atoms with van der Waals surface area (Å²) in [5.74, 6) is 0.608. The first-order valence-corrected chi connectivity index (χ1v) is 9.68. The fourth-order valence-electron chi connectivity index (χ4n) is 3.15. The van der Waals surface area contributed by atoms with E-state index >= 15 is 0 Å². The van der Waals surface area contributed by atoms with Gasteiger partial charge in [-0.25, -0.2) is 5.43 Å². The number of aromatic nitrogens is 2. The van der Waals surface area contributed by atoms with Crippen LogP contribution in [0, 0.1) is 18.3 Å². The number of methoxy groups -OCH3 is 3. The van der Waals surface area contributed by atoms with Crippen molar-refractivity contribution < 1.29 is 19.0 Å². The predicted molar refractivity (Wildman–Crippen MR) is 120 cm³/mol. The average molecular weight is 447 g/mol. The second-order valence-corrected chi connectivity index (χ2v) is 6.63. The lowest BCUT2D eigenvalue weighted by molar-refractivity contribution is 0.0947. The van der Waals surface area contributed by atoms with E-state index in [2.05, 4.69) is 15.6 Å². The molecule has 0 aliphatic heterocycles. The lowest BCUT2D eigenvalue weighted by atomic mass is 10.1. The van der Waals surface area contributed by atoms with Crippen molar-refractivity contribution in [2.45, 2.75) is 6.92 Å². The summed E-state index contributed by atoms with van der Waals surface area (Å²) >= 11 is 0. The van der Waals surface area contributed by atoms with Gasteiger partial charge in [0.2, 0.25) is 0 Å². The summed E-state index contributed by atoms with van der Waals surface area (Å²) in [6.07, 6.45) is 1.38. The van der Waals surface area contributed by atoms with Crippen LogP contribution in [-0.2, 0) is 0 Å².